The number of carboxylic acid groups (broad SMARTS) is 1. The summed E-state index contributed by atoms with van der Waals surface area (Å²) in [6, 6.07) is 2.90. The van der Waals surface area contributed by atoms with Crippen LogP contribution in [-0.2, 0) is 16.0 Å². The number of oxazole rings is 1. The van der Waals surface area contributed by atoms with E-state index in [0.29, 0.717) is 23.8 Å². The van der Waals surface area contributed by atoms with Crippen LogP contribution in [0.2, 0.25) is 0 Å². The van der Waals surface area contributed by atoms with Crippen LogP contribution in [0.5, 0.6) is 0 Å². The summed E-state index contributed by atoms with van der Waals surface area (Å²) in [5.74, 6) is -0.483. The molecular formula is C16H20N2O4S. The molecule has 0 saturated heterocycles. The number of aryl methyl sites for hydroxylation is 1. The Bertz CT molecular complexity index is 678. The SMILES string of the molecule is CC[C@H](C)[C@H](NC(=O)Cc1nc(-c2cccs2)oc1C)C(=O)O. The number of aliphatic carboxylic acids is 1. The fraction of sp³-hybridized carbons (Fsp3) is 0.438. The number of hydrogen-bond acceptors (Lipinski definition) is 5. The van der Waals surface area contributed by atoms with Crippen LogP contribution in [0.1, 0.15) is 31.7 Å². The summed E-state index contributed by atoms with van der Waals surface area (Å²) in [5, 5.41) is 13.7. The quantitative estimate of drug-likeness (QED) is 0.811. The zero-order valence-corrected chi connectivity index (χ0v) is 14.1. The minimum absolute atomic E-state index is 0.000916. The van der Waals surface area contributed by atoms with Crippen molar-refractivity contribution in [3.63, 3.8) is 0 Å². The molecule has 0 unspecified atom stereocenters. The highest BCUT2D eigenvalue weighted by atomic mass is 32.1. The largest absolute Gasteiger partial charge is 0.480 e. The molecule has 0 radical (unpaired) electrons. The number of rotatable bonds is 7. The lowest BCUT2D eigenvalue weighted by Crippen LogP contribution is -2.45. The van der Waals surface area contributed by atoms with Crippen molar-refractivity contribution >= 4 is 23.2 Å². The maximum absolute atomic E-state index is 12.1. The van der Waals surface area contributed by atoms with Crippen LogP contribution in [0.25, 0.3) is 10.8 Å². The van der Waals surface area contributed by atoms with Crippen molar-refractivity contribution in [2.75, 3.05) is 0 Å². The van der Waals surface area contributed by atoms with E-state index >= 15 is 0 Å². The number of aromatic nitrogens is 1. The minimum atomic E-state index is -1.02. The van der Waals surface area contributed by atoms with Crippen LogP contribution in [-0.4, -0.2) is 28.0 Å². The van der Waals surface area contributed by atoms with Gasteiger partial charge in [0.25, 0.3) is 0 Å². The standard InChI is InChI=1S/C16H20N2O4S/c1-4-9(2)14(16(20)21)18-13(19)8-11-10(3)22-15(17-11)12-6-5-7-23-12/h5-7,9,14H,4,8H2,1-3H3,(H,18,19)(H,20,21)/t9-,14-/m0/s1. The van der Waals surface area contributed by atoms with Gasteiger partial charge >= 0.3 is 5.97 Å². The molecule has 1 amide bonds. The van der Waals surface area contributed by atoms with Gasteiger partial charge in [0.05, 0.1) is 17.0 Å². The summed E-state index contributed by atoms with van der Waals surface area (Å²) in [7, 11) is 0. The van der Waals surface area contributed by atoms with E-state index in [0.717, 1.165) is 4.88 Å². The molecule has 0 aliphatic heterocycles. The first-order chi connectivity index (χ1) is 10.9. The second-order valence-corrected chi connectivity index (χ2v) is 6.39. The Kier molecular flexibility index (Phi) is 5.54. The third-order valence-corrected chi connectivity index (χ3v) is 4.61. The molecule has 0 bridgehead atoms. The van der Waals surface area contributed by atoms with E-state index in [9.17, 15) is 14.7 Å². The highest BCUT2D eigenvalue weighted by Gasteiger charge is 2.26. The van der Waals surface area contributed by atoms with Crippen LogP contribution < -0.4 is 5.32 Å². The Morgan fingerprint density at radius 1 is 1.48 bits per heavy atom. The van der Waals surface area contributed by atoms with E-state index in [2.05, 4.69) is 10.3 Å². The first-order valence-corrected chi connectivity index (χ1v) is 8.32. The Morgan fingerprint density at radius 3 is 2.78 bits per heavy atom. The van der Waals surface area contributed by atoms with Crippen molar-refractivity contribution in [3.8, 4) is 10.8 Å². The Labute approximate surface area is 138 Å². The molecule has 2 rings (SSSR count). The fourth-order valence-electron chi connectivity index (χ4n) is 2.16. The first kappa shape index (κ1) is 17.2. The van der Waals surface area contributed by atoms with Gasteiger partial charge in [0.15, 0.2) is 0 Å². The van der Waals surface area contributed by atoms with Gasteiger partial charge in [-0.3, -0.25) is 4.79 Å². The van der Waals surface area contributed by atoms with Gasteiger partial charge in [0.1, 0.15) is 11.8 Å². The van der Waals surface area contributed by atoms with E-state index in [-0.39, 0.29) is 18.2 Å². The predicted molar refractivity (Wildman–Crippen MR) is 87.3 cm³/mol. The summed E-state index contributed by atoms with van der Waals surface area (Å²) in [6.07, 6.45) is 0.670. The van der Waals surface area contributed by atoms with Gasteiger partial charge in [0, 0.05) is 0 Å². The Hall–Kier alpha value is -2.15. The van der Waals surface area contributed by atoms with Gasteiger partial charge in [-0.2, -0.15) is 0 Å². The van der Waals surface area contributed by atoms with Gasteiger partial charge in [-0.15, -0.1) is 11.3 Å². The van der Waals surface area contributed by atoms with Crippen LogP contribution >= 0.6 is 11.3 Å². The number of thiophene rings is 1. The number of carbonyl (C=O) groups excluding carboxylic acids is 1. The summed E-state index contributed by atoms with van der Waals surface area (Å²) in [6.45, 7) is 5.44. The third-order valence-electron chi connectivity index (χ3n) is 3.75. The van der Waals surface area contributed by atoms with Crippen molar-refractivity contribution in [1.82, 2.24) is 10.3 Å². The van der Waals surface area contributed by atoms with Crippen LogP contribution in [0.4, 0.5) is 0 Å². The lowest BCUT2D eigenvalue weighted by molar-refractivity contribution is -0.143. The monoisotopic (exact) mass is 336 g/mol. The third kappa shape index (κ3) is 4.19. The van der Waals surface area contributed by atoms with Gasteiger partial charge in [-0.05, 0) is 24.3 Å². The zero-order valence-electron chi connectivity index (χ0n) is 13.3. The van der Waals surface area contributed by atoms with E-state index in [1.165, 1.54) is 11.3 Å². The molecule has 2 aromatic rings. The van der Waals surface area contributed by atoms with Crippen LogP contribution in [0, 0.1) is 12.8 Å². The van der Waals surface area contributed by atoms with Crippen molar-refractivity contribution in [1.29, 1.82) is 0 Å². The molecule has 0 fully saturated rings. The average molecular weight is 336 g/mol. The molecule has 0 aliphatic rings. The zero-order chi connectivity index (χ0) is 17.0. The molecule has 2 aromatic heterocycles. The summed E-state index contributed by atoms with van der Waals surface area (Å²) in [4.78, 5) is 28.6. The number of nitrogens with zero attached hydrogens (tertiary/aromatic N) is 1. The van der Waals surface area contributed by atoms with E-state index in [4.69, 9.17) is 4.42 Å². The van der Waals surface area contributed by atoms with Crippen molar-refractivity contribution in [2.45, 2.75) is 39.7 Å². The highest BCUT2D eigenvalue weighted by molar-refractivity contribution is 7.13. The number of nitrogens with one attached hydrogen (secondary N) is 1. The molecular weight excluding hydrogens is 316 g/mol. The lowest BCUT2D eigenvalue weighted by atomic mass is 9.99. The Morgan fingerprint density at radius 2 is 2.22 bits per heavy atom. The normalized spacial score (nSPS) is 13.5. The molecule has 6 nitrogen and oxygen atoms in total. The van der Waals surface area contributed by atoms with Crippen molar-refractivity contribution < 1.29 is 19.1 Å². The second kappa shape index (κ2) is 7.41. The lowest BCUT2D eigenvalue weighted by Gasteiger charge is -2.19. The number of amides is 1. The van der Waals surface area contributed by atoms with Gasteiger partial charge in [-0.1, -0.05) is 26.3 Å². The van der Waals surface area contributed by atoms with Gasteiger partial charge in [-0.25, -0.2) is 9.78 Å². The van der Waals surface area contributed by atoms with Crippen LogP contribution in [0.3, 0.4) is 0 Å². The maximum atomic E-state index is 12.1. The molecule has 0 aromatic carbocycles. The number of hydrogen-bond donors (Lipinski definition) is 2. The van der Waals surface area contributed by atoms with Crippen LogP contribution in [0.15, 0.2) is 21.9 Å². The molecule has 0 aliphatic carbocycles. The van der Waals surface area contributed by atoms with E-state index in [1.807, 2.05) is 24.4 Å². The molecule has 0 spiro atoms. The smallest absolute Gasteiger partial charge is 0.326 e. The van der Waals surface area contributed by atoms with E-state index < -0.39 is 12.0 Å². The van der Waals surface area contributed by atoms with E-state index in [1.54, 1.807) is 13.8 Å². The molecule has 124 valence electrons. The summed E-state index contributed by atoms with van der Waals surface area (Å²) >= 11 is 1.50. The average Bonchev–Trinajstić information content (AvgIpc) is 3.14. The first-order valence-electron chi connectivity index (χ1n) is 7.44. The van der Waals surface area contributed by atoms with Gasteiger partial charge in [0.2, 0.25) is 11.8 Å². The molecule has 0 saturated carbocycles. The topological polar surface area (TPSA) is 92.4 Å². The maximum Gasteiger partial charge on any atom is 0.326 e. The Balaban J connectivity index is 2.07. The summed E-state index contributed by atoms with van der Waals surface area (Å²) in [5.41, 5.74) is 0.527. The van der Waals surface area contributed by atoms with Crippen molar-refractivity contribution in [2.24, 2.45) is 5.92 Å². The molecule has 7 heteroatoms. The number of carboxylic acids is 1. The predicted octanol–water partition coefficient (Wildman–Crippen LogP) is 2.87. The van der Waals surface area contributed by atoms with Gasteiger partial charge < -0.3 is 14.8 Å². The summed E-state index contributed by atoms with van der Waals surface area (Å²) < 4.78 is 5.58. The van der Waals surface area contributed by atoms with Crippen molar-refractivity contribution in [3.05, 3.63) is 29.0 Å². The number of carbonyl (C=O) groups is 2. The second-order valence-electron chi connectivity index (χ2n) is 5.44. The molecule has 23 heavy (non-hydrogen) atoms. The molecule has 2 heterocycles. The minimum Gasteiger partial charge on any atom is -0.480 e. The molecule has 2 N–H and O–H groups in total. The fourth-order valence-corrected chi connectivity index (χ4v) is 2.81. The highest BCUT2D eigenvalue weighted by Crippen LogP contribution is 2.26. The molecule has 2 atom stereocenters.